The first-order chi connectivity index (χ1) is 5.86. The summed E-state index contributed by atoms with van der Waals surface area (Å²) in [5, 5.41) is 0. The average Bonchev–Trinajstić information content (AvgIpc) is 2.16. The molecular weight excluding hydrogens is 174 g/mol. The van der Waals surface area contributed by atoms with Crippen LogP contribution in [0.4, 0.5) is 0 Å². The Morgan fingerprint density at radius 2 is 2.08 bits per heavy atom. The summed E-state index contributed by atoms with van der Waals surface area (Å²) in [7, 11) is 0. The van der Waals surface area contributed by atoms with Crippen molar-refractivity contribution in [2.45, 2.75) is 12.5 Å². The van der Waals surface area contributed by atoms with Gasteiger partial charge in [-0.3, -0.25) is 0 Å². The molecule has 0 saturated heterocycles. The van der Waals surface area contributed by atoms with Gasteiger partial charge in [-0.2, -0.15) is 0 Å². The van der Waals surface area contributed by atoms with E-state index in [1.807, 2.05) is 30.3 Å². The molecule has 1 aromatic carbocycles. The topological polar surface area (TPSA) is 29.1 Å². The van der Waals surface area contributed by atoms with Gasteiger partial charge >= 0.3 is 0 Å². The second-order valence-corrected chi connectivity index (χ2v) is 2.76. The van der Waals surface area contributed by atoms with Crippen LogP contribution in [0.5, 0.6) is 0 Å². The lowest BCUT2D eigenvalue weighted by molar-refractivity contribution is -0.109. The number of hydrogen-bond acceptors (Lipinski definition) is 2. The average molecular weight is 184 g/mol. The zero-order valence-electron chi connectivity index (χ0n) is 6.53. The Hall–Kier alpha value is -0.860. The quantitative estimate of drug-likeness (QED) is 0.567. The van der Waals surface area contributed by atoms with E-state index in [2.05, 4.69) is 4.84 Å². The molecule has 0 aliphatic carbocycles. The Kier molecular flexibility index (Phi) is 3.77. The van der Waals surface area contributed by atoms with E-state index in [0.717, 1.165) is 11.8 Å². The second-order valence-electron chi connectivity index (χ2n) is 2.54. The number of hydrogen-bond donors (Lipinski definition) is 1. The van der Waals surface area contributed by atoms with Gasteiger partial charge < -0.3 is 4.79 Å². The van der Waals surface area contributed by atoms with Crippen molar-refractivity contribution in [3.63, 3.8) is 0 Å². The standard InChI is InChI=1S/C9H10ClNO/c10-11-9(7-12)6-8-4-2-1-3-5-8/h1-5,7,9,11H,6H2/t9-/m0/s1. The summed E-state index contributed by atoms with van der Waals surface area (Å²) < 4.78 is 0. The van der Waals surface area contributed by atoms with E-state index in [-0.39, 0.29) is 6.04 Å². The largest absolute Gasteiger partial charge is 0.302 e. The van der Waals surface area contributed by atoms with Gasteiger partial charge in [0.05, 0.1) is 6.04 Å². The predicted octanol–water partition coefficient (Wildman–Crippen LogP) is 1.54. The van der Waals surface area contributed by atoms with Crippen LogP contribution < -0.4 is 4.84 Å². The van der Waals surface area contributed by atoms with Gasteiger partial charge in [0.15, 0.2) is 0 Å². The summed E-state index contributed by atoms with van der Waals surface area (Å²) in [6.07, 6.45) is 1.44. The zero-order valence-corrected chi connectivity index (χ0v) is 7.29. The van der Waals surface area contributed by atoms with Crippen molar-refractivity contribution in [2.75, 3.05) is 0 Å². The molecule has 0 bridgehead atoms. The first-order valence-corrected chi connectivity index (χ1v) is 4.10. The van der Waals surface area contributed by atoms with Crippen molar-refractivity contribution in [1.29, 1.82) is 0 Å². The second kappa shape index (κ2) is 4.91. The normalized spacial score (nSPS) is 12.4. The van der Waals surface area contributed by atoms with Crippen LogP contribution in [0.2, 0.25) is 0 Å². The van der Waals surface area contributed by atoms with Gasteiger partial charge in [-0.15, -0.1) is 0 Å². The van der Waals surface area contributed by atoms with Crippen molar-refractivity contribution < 1.29 is 4.79 Å². The Morgan fingerprint density at radius 3 is 2.58 bits per heavy atom. The summed E-state index contributed by atoms with van der Waals surface area (Å²) >= 11 is 5.34. The van der Waals surface area contributed by atoms with Gasteiger partial charge in [0.25, 0.3) is 0 Å². The molecule has 1 rings (SSSR count). The van der Waals surface area contributed by atoms with Gasteiger partial charge in [0, 0.05) is 0 Å². The van der Waals surface area contributed by atoms with Crippen LogP contribution in [0.25, 0.3) is 0 Å². The lowest BCUT2D eigenvalue weighted by Crippen LogP contribution is -2.24. The molecule has 0 saturated carbocycles. The fourth-order valence-electron chi connectivity index (χ4n) is 0.980. The SMILES string of the molecule is O=C[C@H](Cc1ccccc1)NCl. The van der Waals surface area contributed by atoms with Crippen molar-refractivity contribution in [3.05, 3.63) is 35.9 Å². The highest BCUT2D eigenvalue weighted by atomic mass is 35.5. The predicted molar refractivity (Wildman–Crippen MR) is 49.0 cm³/mol. The molecule has 3 heteroatoms. The highest BCUT2D eigenvalue weighted by Gasteiger charge is 2.04. The maximum atomic E-state index is 10.4. The number of nitrogens with one attached hydrogen (secondary N) is 1. The van der Waals surface area contributed by atoms with Gasteiger partial charge in [-0.1, -0.05) is 30.3 Å². The smallest absolute Gasteiger partial charge is 0.138 e. The highest BCUT2D eigenvalue weighted by Crippen LogP contribution is 2.01. The van der Waals surface area contributed by atoms with E-state index in [0.29, 0.717) is 6.42 Å². The molecule has 2 nitrogen and oxygen atoms in total. The van der Waals surface area contributed by atoms with Crippen molar-refractivity contribution in [3.8, 4) is 0 Å². The van der Waals surface area contributed by atoms with E-state index in [4.69, 9.17) is 11.8 Å². The molecule has 1 atom stereocenters. The van der Waals surface area contributed by atoms with E-state index in [9.17, 15) is 4.79 Å². The van der Waals surface area contributed by atoms with Crippen molar-refractivity contribution in [1.82, 2.24) is 4.84 Å². The van der Waals surface area contributed by atoms with Crippen LogP contribution in [-0.4, -0.2) is 12.3 Å². The summed E-state index contributed by atoms with van der Waals surface area (Å²) in [6.45, 7) is 0. The van der Waals surface area contributed by atoms with Gasteiger partial charge in [0.2, 0.25) is 0 Å². The monoisotopic (exact) mass is 183 g/mol. The Bertz CT molecular complexity index is 238. The third-order valence-electron chi connectivity index (χ3n) is 1.60. The molecule has 0 spiro atoms. The maximum absolute atomic E-state index is 10.4. The summed E-state index contributed by atoms with van der Waals surface area (Å²) in [4.78, 5) is 12.8. The number of benzene rings is 1. The fourth-order valence-corrected chi connectivity index (χ4v) is 1.11. The minimum absolute atomic E-state index is 0.297. The van der Waals surface area contributed by atoms with Crippen molar-refractivity contribution in [2.24, 2.45) is 0 Å². The lowest BCUT2D eigenvalue weighted by atomic mass is 10.1. The van der Waals surface area contributed by atoms with Crippen LogP contribution in [0.3, 0.4) is 0 Å². The van der Waals surface area contributed by atoms with Gasteiger partial charge in [0.1, 0.15) is 6.29 Å². The van der Waals surface area contributed by atoms with Crippen LogP contribution in [-0.2, 0) is 11.2 Å². The molecule has 1 aromatic rings. The Morgan fingerprint density at radius 1 is 1.42 bits per heavy atom. The summed E-state index contributed by atoms with van der Waals surface area (Å²) in [6, 6.07) is 9.44. The van der Waals surface area contributed by atoms with Crippen LogP contribution in [0.15, 0.2) is 30.3 Å². The number of carbonyl (C=O) groups excluding carboxylic acids is 1. The number of carbonyl (C=O) groups is 1. The third-order valence-corrected chi connectivity index (χ3v) is 1.88. The molecule has 0 amide bonds. The molecule has 0 heterocycles. The molecule has 0 aliphatic heterocycles. The molecular formula is C9H10ClNO. The van der Waals surface area contributed by atoms with Gasteiger partial charge in [-0.05, 0) is 23.8 Å². The van der Waals surface area contributed by atoms with Crippen LogP contribution in [0, 0.1) is 0 Å². The van der Waals surface area contributed by atoms with E-state index in [1.54, 1.807) is 0 Å². The van der Waals surface area contributed by atoms with E-state index < -0.39 is 0 Å². The molecule has 0 aromatic heterocycles. The zero-order chi connectivity index (χ0) is 8.81. The molecule has 0 aliphatic rings. The number of rotatable bonds is 4. The minimum Gasteiger partial charge on any atom is -0.302 e. The molecule has 64 valence electrons. The first kappa shape index (κ1) is 9.23. The maximum Gasteiger partial charge on any atom is 0.138 e. The minimum atomic E-state index is -0.297. The van der Waals surface area contributed by atoms with E-state index >= 15 is 0 Å². The fraction of sp³-hybridized carbons (Fsp3) is 0.222. The summed E-state index contributed by atoms with van der Waals surface area (Å²) in [5.41, 5.74) is 1.10. The van der Waals surface area contributed by atoms with Crippen LogP contribution in [0.1, 0.15) is 5.56 Å². The van der Waals surface area contributed by atoms with Crippen molar-refractivity contribution >= 4 is 18.1 Å². The molecule has 0 radical (unpaired) electrons. The number of aldehydes is 1. The third kappa shape index (κ3) is 2.64. The summed E-state index contributed by atoms with van der Waals surface area (Å²) in [5.74, 6) is 0. The first-order valence-electron chi connectivity index (χ1n) is 3.72. The van der Waals surface area contributed by atoms with Gasteiger partial charge in [-0.25, -0.2) is 4.84 Å². The highest BCUT2D eigenvalue weighted by molar-refractivity contribution is 6.14. The van der Waals surface area contributed by atoms with Crippen LogP contribution >= 0.6 is 11.8 Å². The molecule has 0 unspecified atom stereocenters. The Balaban J connectivity index is 2.56. The molecule has 12 heavy (non-hydrogen) atoms. The lowest BCUT2D eigenvalue weighted by Gasteiger charge is -2.05. The van der Waals surface area contributed by atoms with E-state index in [1.165, 1.54) is 0 Å². The number of halogens is 1. The molecule has 1 N–H and O–H groups in total. The molecule has 0 fully saturated rings. The Labute approximate surface area is 76.7 Å².